The van der Waals surface area contributed by atoms with E-state index in [4.69, 9.17) is 4.98 Å². The van der Waals surface area contributed by atoms with Crippen LogP contribution in [0.4, 0.5) is 11.6 Å². The first-order valence-corrected chi connectivity index (χ1v) is 10.1. The number of anilines is 2. The predicted molar refractivity (Wildman–Crippen MR) is 122 cm³/mol. The van der Waals surface area contributed by atoms with Gasteiger partial charge in [0.1, 0.15) is 0 Å². The summed E-state index contributed by atoms with van der Waals surface area (Å²) >= 11 is 0. The molecule has 0 amide bonds. The van der Waals surface area contributed by atoms with Crippen molar-refractivity contribution in [3.63, 3.8) is 0 Å². The molecule has 2 aromatic heterocycles. The lowest BCUT2D eigenvalue weighted by Crippen LogP contribution is -2.28. The number of nitrogens with one attached hydrogen (secondary N) is 1. The van der Waals surface area contributed by atoms with Gasteiger partial charge in [-0.05, 0) is 49.1 Å². The van der Waals surface area contributed by atoms with Crippen LogP contribution >= 0.6 is 0 Å². The van der Waals surface area contributed by atoms with Gasteiger partial charge in [-0.3, -0.25) is 9.78 Å². The highest BCUT2D eigenvalue weighted by molar-refractivity contribution is 5.88. The van der Waals surface area contributed by atoms with Gasteiger partial charge in [-0.25, -0.2) is 4.98 Å². The molecule has 5 rings (SSSR count). The number of benzene rings is 2. The lowest BCUT2D eigenvalue weighted by molar-refractivity contribution is 0.740. The molecule has 0 spiro atoms. The number of rotatable bonds is 3. The molecule has 148 valence electrons. The Hall–Kier alpha value is -3.73. The van der Waals surface area contributed by atoms with Gasteiger partial charge in [0.25, 0.3) is 5.56 Å². The molecule has 1 unspecified atom stereocenters. The van der Waals surface area contributed by atoms with Crippen LogP contribution in [0.3, 0.4) is 0 Å². The molecule has 0 aliphatic carbocycles. The maximum absolute atomic E-state index is 13.1. The molecule has 0 saturated heterocycles. The summed E-state index contributed by atoms with van der Waals surface area (Å²) in [7, 11) is 0. The number of aromatic amines is 1. The smallest absolute Gasteiger partial charge is 0.262 e. The lowest BCUT2D eigenvalue weighted by Gasteiger charge is -2.23. The SMILES string of the molecule is Cc1cccc(/C=C/c2ccnc3nc(N4c5ccccc5CC4C)[nH]c(=O)c23)c1. The fourth-order valence-electron chi connectivity index (χ4n) is 4.18. The van der Waals surface area contributed by atoms with E-state index in [-0.39, 0.29) is 11.6 Å². The van der Waals surface area contributed by atoms with Crippen molar-refractivity contribution in [2.75, 3.05) is 4.90 Å². The number of fused-ring (bicyclic) bond motifs is 2. The average Bonchev–Trinajstić information content (AvgIpc) is 3.07. The first-order chi connectivity index (χ1) is 14.6. The first kappa shape index (κ1) is 18.3. The van der Waals surface area contributed by atoms with Gasteiger partial charge >= 0.3 is 0 Å². The van der Waals surface area contributed by atoms with Crippen molar-refractivity contribution in [2.45, 2.75) is 26.3 Å². The number of pyridine rings is 1. The van der Waals surface area contributed by atoms with Crippen molar-refractivity contribution in [2.24, 2.45) is 0 Å². The quantitative estimate of drug-likeness (QED) is 0.538. The van der Waals surface area contributed by atoms with Crippen LogP contribution < -0.4 is 10.5 Å². The predicted octanol–water partition coefficient (Wildman–Crippen LogP) is 4.88. The summed E-state index contributed by atoms with van der Waals surface area (Å²) in [5.74, 6) is 0.539. The standard InChI is InChI=1S/C25H22N4O/c1-16-6-5-7-18(14-16)10-11-19-12-13-26-23-22(19)24(30)28-25(27-23)29-17(2)15-20-8-3-4-9-21(20)29/h3-14,17H,15H2,1-2H3,(H,26,27,28,30)/b11-10+. The van der Waals surface area contributed by atoms with E-state index in [1.807, 2.05) is 42.5 Å². The number of H-pyrrole nitrogens is 1. The van der Waals surface area contributed by atoms with E-state index in [2.05, 4.69) is 53.0 Å². The van der Waals surface area contributed by atoms with Gasteiger partial charge in [-0.1, -0.05) is 60.2 Å². The summed E-state index contributed by atoms with van der Waals surface area (Å²) in [4.78, 5) is 27.3. The Morgan fingerprint density at radius 3 is 2.83 bits per heavy atom. The van der Waals surface area contributed by atoms with Crippen LogP contribution in [-0.2, 0) is 6.42 Å². The fourth-order valence-corrected chi connectivity index (χ4v) is 4.18. The van der Waals surface area contributed by atoms with E-state index < -0.39 is 0 Å². The van der Waals surface area contributed by atoms with E-state index >= 15 is 0 Å². The van der Waals surface area contributed by atoms with Crippen LogP contribution in [-0.4, -0.2) is 21.0 Å². The van der Waals surface area contributed by atoms with E-state index in [0.29, 0.717) is 17.0 Å². The molecule has 5 heteroatoms. The summed E-state index contributed by atoms with van der Waals surface area (Å²) in [6.07, 6.45) is 6.58. The third-order valence-corrected chi connectivity index (χ3v) is 5.56. The topological polar surface area (TPSA) is 61.9 Å². The number of aryl methyl sites for hydroxylation is 1. The molecule has 5 nitrogen and oxygen atoms in total. The molecule has 30 heavy (non-hydrogen) atoms. The number of hydrogen-bond acceptors (Lipinski definition) is 4. The normalized spacial score (nSPS) is 15.8. The zero-order valence-electron chi connectivity index (χ0n) is 17.0. The van der Waals surface area contributed by atoms with Crippen molar-refractivity contribution in [1.29, 1.82) is 0 Å². The van der Waals surface area contributed by atoms with Crippen LogP contribution in [0.15, 0.2) is 65.6 Å². The number of aromatic nitrogens is 3. The van der Waals surface area contributed by atoms with Gasteiger partial charge in [-0.15, -0.1) is 0 Å². The van der Waals surface area contributed by atoms with E-state index in [1.165, 1.54) is 11.1 Å². The molecule has 0 fully saturated rings. The Labute approximate surface area is 174 Å². The Morgan fingerprint density at radius 2 is 1.97 bits per heavy atom. The second-order valence-corrected chi connectivity index (χ2v) is 7.79. The van der Waals surface area contributed by atoms with Gasteiger partial charge in [0.2, 0.25) is 5.95 Å². The Bertz CT molecular complexity index is 1340. The Morgan fingerprint density at radius 1 is 1.10 bits per heavy atom. The minimum atomic E-state index is -0.177. The van der Waals surface area contributed by atoms with Gasteiger partial charge < -0.3 is 4.90 Å². The highest BCUT2D eigenvalue weighted by atomic mass is 16.1. The van der Waals surface area contributed by atoms with E-state index in [0.717, 1.165) is 23.2 Å². The molecule has 1 aliphatic heterocycles. The molecule has 1 aliphatic rings. The molecule has 1 N–H and O–H groups in total. The van der Waals surface area contributed by atoms with Crippen molar-refractivity contribution in [1.82, 2.24) is 15.0 Å². The van der Waals surface area contributed by atoms with E-state index in [1.54, 1.807) is 6.20 Å². The summed E-state index contributed by atoms with van der Waals surface area (Å²) in [5, 5.41) is 0.505. The summed E-state index contributed by atoms with van der Waals surface area (Å²) in [6, 6.07) is 18.5. The van der Waals surface area contributed by atoms with Gasteiger partial charge in [-0.2, -0.15) is 4.98 Å². The largest absolute Gasteiger partial charge is 0.309 e. The molecule has 0 saturated carbocycles. The Kier molecular flexibility index (Phi) is 4.43. The third-order valence-electron chi connectivity index (χ3n) is 5.56. The van der Waals surface area contributed by atoms with Crippen LogP contribution in [0.1, 0.15) is 29.2 Å². The van der Waals surface area contributed by atoms with Crippen molar-refractivity contribution >= 4 is 34.8 Å². The second-order valence-electron chi connectivity index (χ2n) is 7.79. The molecule has 4 aromatic rings. The summed E-state index contributed by atoms with van der Waals surface area (Å²) < 4.78 is 0. The molecule has 1 atom stereocenters. The minimum Gasteiger partial charge on any atom is -0.309 e. The monoisotopic (exact) mass is 394 g/mol. The van der Waals surface area contributed by atoms with Crippen LogP contribution in [0.25, 0.3) is 23.2 Å². The van der Waals surface area contributed by atoms with Crippen LogP contribution in [0.2, 0.25) is 0 Å². The highest BCUT2D eigenvalue weighted by Crippen LogP contribution is 2.36. The van der Waals surface area contributed by atoms with Crippen molar-refractivity contribution in [3.05, 3.63) is 93.4 Å². The van der Waals surface area contributed by atoms with E-state index in [9.17, 15) is 4.79 Å². The molecule has 0 radical (unpaired) electrons. The number of hydrogen-bond donors (Lipinski definition) is 1. The van der Waals surface area contributed by atoms with Crippen LogP contribution in [0.5, 0.6) is 0 Å². The summed E-state index contributed by atoms with van der Waals surface area (Å²) in [6.45, 7) is 4.20. The van der Waals surface area contributed by atoms with Gasteiger partial charge in [0.15, 0.2) is 5.65 Å². The molecule has 2 aromatic carbocycles. The first-order valence-electron chi connectivity index (χ1n) is 10.1. The van der Waals surface area contributed by atoms with Gasteiger partial charge in [0.05, 0.1) is 5.39 Å². The maximum Gasteiger partial charge on any atom is 0.262 e. The van der Waals surface area contributed by atoms with Crippen molar-refractivity contribution < 1.29 is 0 Å². The van der Waals surface area contributed by atoms with Gasteiger partial charge in [0, 0.05) is 17.9 Å². The van der Waals surface area contributed by atoms with Crippen LogP contribution in [0, 0.1) is 6.92 Å². The average molecular weight is 394 g/mol. The van der Waals surface area contributed by atoms with Crippen molar-refractivity contribution in [3.8, 4) is 0 Å². The molecular formula is C25H22N4O. The second kappa shape index (κ2) is 7.26. The molecule has 0 bridgehead atoms. The number of para-hydroxylation sites is 1. The zero-order valence-corrected chi connectivity index (χ0v) is 17.0. The highest BCUT2D eigenvalue weighted by Gasteiger charge is 2.28. The number of nitrogens with zero attached hydrogens (tertiary/aromatic N) is 3. The molecule has 3 heterocycles. The maximum atomic E-state index is 13.1. The minimum absolute atomic E-state index is 0.177. The summed E-state index contributed by atoms with van der Waals surface area (Å²) in [5.41, 5.74) is 5.71. The lowest BCUT2D eigenvalue weighted by atomic mass is 10.1. The molecular weight excluding hydrogens is 372 g/mol. The Balaban J connectivity index is 1.59. The zero-order chi connectivity index (χ0) is 20.7. The third kappa shape index (κ3) is 3.18. The fraction of sp³-hybridized carbons (Fsp3) is 0.160.